The van der Waals surface area contributed by atoms with Crippen molar-refractivity contribution < 1.29 is 8.78 Å². The predicted octanol–water partition coefficient (Wildman–Crippen LogP) is 3.97. The molecule has 0 N–H and O–H groups in total. The van der Waals surface area contributed by atoms with Gasteiger partial charge in [0.2, 0.25) is 0 Å². The van der Waals surface area contributed by atoms with Crippen molar-refractivity contribution in [3.05, 3.63) is 68.8 Å². The molecule has 0 atom stereocenters. The number of hydrogen-bond acceptors (Lipinski definition) is 0. The fourth-order valence-corrected chi connectivity index (χ4v) is 1.80. The van der Waals surface area contributed by atoms with Crippen LogP contribution >= 0.6 is 22.6 Å². The van der Waals surface area contributed by atoms with Crippen molar-refractivity contribution in [2.24, 2.45) is 0 Å². The van der Waals surface area contributed by atoms with Gasteiger partial charge in [0.25, 0.3) is 0 Å². The maximum atomic E-state index is 12.9. The fourth-order valence-electron chi connectivity index (χ4n) is 1.28. The van der Waals surface area contributed by atoms with Crippen LogP contribution in [0.15, 0.2) is 42.5 Å². The van der Waals surface area contributed by atoms with Gasteiger partial charge in [0, 0.05) is 14.7 Å². The summed E-state index contributed by atoms with van der Waals surface area (Å²) < 4.78 is 26.7. The van der Waals surface area contributed by atoms with Gasteiger partial charge in [-0.25, -0.2) is 8.78 Å². The van der Waals surface area contributed by atoms with Crippen LogP contribution in [-0.4, -0.2) is 0 Å². The Morgan fingerprint density at radius 1 is 0.882 bits per heavy atom. The van der Waals surface area contributed by atoms with Crippen LogP contribution in [0.25, 0.3) is 0 Å². The average molecular weight is 340 g/mol. The molecule has 84 valence electrons. The molecule has 3 heteroatoms. The smallest absolute Gasteiger partial charge is 0.160 e. The van der Waals surface area contributed by atoms with Crippen LogP contribution in [0.5, 0.6) is 0 Å². The van der Waals surface area contributed by atoms with Crippen molar-refractivity contribution >= 4 is 22.6 Å². The summed E-state index contributed by atoms with van der Waals surface area (Å²) in [6, 6.07) is 11.3. The second kappa shape index (κ2) is 5.28. The Morgan fingerprint density at radius 2 is 1.65 bits per heavy atom. The van der Waals surface area contributed by atoms with Gasteiger partial charge in [0.05, 0.1) is 0 Å². The summed E-state index contributed by atoms with van der Waals surface area (Å²) in [6.07, 6.45) is 0. The Hall–Kier alpha value is -1.41. The van der Waals surface area contributed by atoms with E-state index in [1.54, 1.807) is 0 Å². The first-order valence-corrected chi connectivity index (χ1v) is 5.96. The minimum atomic E-state index is -0.875. The van der Waals surface area contributed by atoms with E-state index >= 15 is 0 Å². The Bertz CT molecular complexity index is 609. The van der Waals surface area contributed by atoms with Crippen LogP contribution < -0.4 is 0 Å². The van der Waals surface area contributed by atoms with Crippen LogP contribution in [0.4, 0.5) is 8.78 Å². The van der Waals surface area contributed by atoms with E-state index < -0.39 is 11.6 Å². The average Bonchev–Trinajstić information content (AvgIpc) is 2.32. The molecule has 0 heterocycles. The maximum absolute atomic E-state index is 12.9. The molecule has 2 aromatic carbocycles. The Kier molecular flexibility index (Phi) is 3.75. The molecule has 0 amide bonds. The van der Waals surface area contributed by atoms with Crippen molar-refractivity contribution in [1.82, 2.24) is 0 Å². The molecule has 0 bridgehead atoms. The molecule has 0 aromatic heterocycles. The van der Waals surface area contributed by atoms with Crippen LogP contribution in [0, 0.1) is 27.0 Å². The van der Waals surface area contributed by atoms with Gasteiger partial charge < -0.3 is 0 Å². The molecule has 0 saturated heterocycles. The zero-order chi connectivity index (χ0) is 12.3. The van der Waals surface area contributed by atoms with E-state index in [1.165, 1.54) is 6.07 Å². The SMILES string of the molecule is Fc1ccc(C#Cc2ccccc2I)cc1F. The quantitative estimate of drug-likeness (QED) is 0.503. The number of halogens is 3. The van der Waals surface area contributed by atoms with Gasteiger partial charge in [0.1, 0.15) is 0 Å². The fraction of sp³-hybridized carbons (Fsp3) is 0. The normalized spacial score (nSPS) is 9.59. The molecule has 0 radical (unpaired) electrons. The lowest BCUT2D eigenvalue weighted by Gasteiger charge is -1.95. The third-order valence-electron chi connectivity index (χ3n) is 2.13. The molecule has 0 saturated carbocycles. The molecule has 0 unspecified atom stereocenters. The molecule has 0 aliphatic carbocycles. The number of hydrogen-bond donors (Lipinski definition) is 0. The first-order chi connectivity index (χ1) is 8.16. The lowest BCUT2D eigenvalue weighted by atomic mass is 10.2. The summed E-state index contributed by atoms with van der Waals surface area (Å²) in [5, 5.41) is 0. The van der Waals surface area contributed by atoms with E-state index in [1.807, 2.05) is 24.3 Å². The molecule has 2 rings (SSSR count). The van der Waals surface area contributed by atoms with Crippen molar-refractivity contribution in [2.45, 2.75) is 0 Å². The highest BCUT2D eigenvalue weighted by molar-refractivity contribution is 14.1. The predicted molar refractivity (Wildman–Crippen MR) is 71.5 cm³/mol. The summed E-state index contributed by atoms with van der Waals surface area (Å²) in [4.78, 5) is 0. The van der Waals surface area contributed by atoms with Crippen LogP contribution in [-0.2, 0) is 0 Å². The number of benzene rings is 2. The second-order valence-corrected chi connectivity index (χ2v) is 4.52. The summed E-state index contributed by atoms with van der Waals surface area (Å²) >= 11 is 2.18. The Balaban J connectivity index is 2.33. The van der Waals surface area contributed by atoms with Gasteiger partial charge in [-0.05, 0) is 52.9 Å². The highest BCUT2D eigenvalue weighted by atomic mass is 127. The summed E-state index contributed by atoms with van der Waals surface area (Å²) in [7, 11) is 0. The van der Waals surface area contributed by atoms with E-state index in [2.05, 4.69) is 34.4 Å². The first-order valence-electron chi connectivity index (χ1n) is 4.88. The van der Waals surface area contributed by atoms with Crippen molar-refractivity contribution in [2.75, 3.05) is 0 Å². The van der Waals surface area contributed by atoms with E-state index in [4.69, 9.17) is 0 Å². The Labute approximate surface area is 112 Å². The molecule has 17 heavy (non-hydrogen) atoms. The third-order valence-corrected chi connectivity index (χ3v) is 3.08. The molecular weight excluding hydrogens is 333 g/mol. The highest BCUT2D eigenvalue weighted by Gasteiger charge is 2.00. The highest BCUT2D eigenvalue weighted by Crippen LogP contribution is 2.11. The topological polar surface area (TPSA) is 0 Å². The zero-order valence-corrected chi connectivity index (χ0v) is 10.8. The van der Waals surface area contributed by atoms with Crippen molar-refractivity contribution in [3.8, 4) is 11.8 Å². The van der Waals surface area contributed by atoms with Crippen LogP contribution in [0.3, 0.4) is 0 Å². The van der Waals surface area contributed by atoms with E-state index in [0.29, 0.717) is 5.56 Å². The summed E-state index contributed by atoms with van der Waals surface area (Å²) in [5.41, 5.74) is 1.33. The molecule has 0 spiro atoms. The lowest BCUT2D eigenvalue weighted by molar-refractivity contribution is 0.508. The maximum Gasteiger partial charge on any atom is 0.160 e. The van der Waals surface area contributed by atoms with Gasteiger partial charge in [-0.15, -0.1) is 0 Å². The molecule has 0 aliphatic rings. The molecular formula is C14H7F2I. The van der Waals surface area contributed by atoms with E-state index in [-0.39, 0.29) is 0 Å². The van der Waals surface area contributed by atoms with Crippen LogP contribution in [0.2, 0.25) is 0 Å². The lowest BCUT2D eigenvalue weighted by Crippen LogP contribution is -1.85. The number of rotatable bonds is 0. The molecule has 2 aromatic rings. The van der Waals surface area contributed by atoms with Crippen LogP contribution in [0.1, 0.15) is 11.1 Å². The molecule has 0 aliphatic heterocycles. The largest absolute Gasteiger partial charge is 0.204 e. The zero-order valence-electron chi connectivity index (χ0n) is 8.68. The van der Waals surface area contributed by atoms with Gasteiger partial charge in [-0.1, -0.05) is 24.0 Å². The molecule has 0 nitrogen and oxygen atoms in total. The second-order valence-electron chi connectivity index (χ2n) is 3.36. The van der Waals surface area contributed by atoms with Gasteiger partial charge in [-0.2, -0.15) is 0 Å². The van der Waals surface area contributed by atoms with E-state index in [0.717, 1.165) is 21.3 Å². The summed E-state index contributed by atoms with van der Waals surface area (Å²) in [6.45, 7) is 0. The summed E-state index contributed by atoms with van der Waals surface area (Å²) in [5.74, 6) is 4.01. The van der Waals surface area contributed by atoms with Crippen molar-refractivity contribution in [1.29, 1.82) is 0 Å². The van der Waals surface area contributed by atoms with Gasteiger partial charge in [-0.3, -0.25) is 0 Å². The molecule has 0 fully saturated rings. The minimum Gasteiger partial charge on any atom is -0.204 e. The van der Waals surface area contributed by atoms with Gasteiger partial charge in [0.15, 0.2) is 11.6 Å². The van der Waals surface area contributed by atoms with Crippen molar-refractivity contribution in [3.63, 3.8) is 0 Å². The first kappa shape index (κ1) is 12.1. The minimum absolute atomic E-state index is 0.462. The Morgan fingerprint density at radius 3 is 2.35 bits per heavy atom. The third kappa shape index (κ3) is 3.04. The monoisotopic (exact) mass is 340 g/mol. The van der Waals surface area contributed by atoms with E-state index in [9.17, 15) is 8.78 Å². The van der Waals surface area contributed by atoms with Gasteiger partial charge >= 0.3 is 0 Å². The standard InChI is InChI=1S/C14H7F2I/c15-12-8-6-10(9-13(12)16)5-7-11-3-1-2-4-14(11)17/h1-4,6,8-9H.